The highest BCUT2D eigenvalue weighted by atomic mass is 16.5. The first-order chi connectivity index (χ1) is 19.9. The van der Waals surface area contributed by atoms with Crippen LogP contribution in [0.15, 0.2) is 110 Å². The van der Waals surface area contributed by atoms with Crippen LogP contribution in [0.4, 0.5) is 11.4 Å². The molecule has 0 spiro atoms. The predicted octanol–water partition coefficient (Wildman–Crippen LogP) is 8.14. The zero-order valence-electron chi connectivity index (χ0n) is 24.1. The summed E-state index contributed by atoms with van der Waals surface area (Å²) in [6, 6.07) is 30.9. The molecule has 2 unspecified atom stereocenters. The van der Waals surface area contributed by atoms with Gasteiger partial charge in [-0.05, 0) is 88.4 Å². The van der Waals surface area contributed by atoms with Gasteiger partial charge in [0, 0.05) is 17.9 Å². The molecule has 0 aliphatic carbocycles. The van der Waals surface area contributed by atoms with E-state index in [1.54, 1.807) is 14.2 Å². The van der Waals surface area contributed by atoms with Crippen molar-refractivity contribution in [3.8, 4) is 11.5 Å². The molecule has 0 amide bonds. The van der Waals surface area contributed by atoms with Crippen LogP contribution in [0.3, 0.4) is 0 Å². The molecule has 2 N–H and O–H groups in total. The topological polar surface area (TPSA) is 62.2 Å². The monoisotopic (exact) mass is 549 g/mol. The lowest BCUT2D eigenvalue weighted by molar-refractivity contribution is 0.236. The van der Waals surface area contributed by atoms with Crippen molar-refractivity contribution in [3.63, 3.8) is 0 Å². The van der Waals surface area contributed by atoms with Crippen molar-refractivity contribution in [2.45, 2.75) is 32.0 Å². The lowest BCUT2D eigenvalue weighted by Crippen LogP contribution is -2.19. The van der Waals surface area contributed by atoms with E-state index in [1.807, 2.05) is 84.9 Å². The summed E-state index contributed by atoms with van der Waals surface area (Å²) in [6.45, 7) is 11.6. The Balaban J connectivity index is 1.78. The Morgan fingerprint density at radius 2 is 1.20 bits per heavy atom. The van der Waals surface area contributed by atoms with E-state index in [0.717, 1.165) is 41.9 Å². The molecule has 212 valence electrons. The molecule has 0 heterocycles. The molecule has 0 aliphatic rings. The molecule has 0 aliphatic heterocycles. The van der Waals surface area contributed by atoms with Crippen molar-refractivity contribution in [3.05, 3.63) is 132 Å². The van der Waals surface area contributed by atoms with E-state index < -0.39 is 12.2 Å². The largest absolute Gasteiger partial charge is 0.497 e. The fourth-order valence-corrected chi connectivity index (χ4v) is 4.85. The van der Waals surface area contributed by atoms with Gasteiger partial charge >= 0.3 is 0 Å². The molecule has 2 atom stereocenters. The van der Waals surface area contributed by atoms with Gasteiger partial charge in [0.2, 0.25) is 0 Å². The number of hydrogen-bond donors (Lipinski definition) is 2. The van der Waals surface area contributed by atoms with Crippen molar-refractivity contribution >= 4 is 22.5 Å². The third kappa shape index (κ3) is 6.88. The normalized spacial score (nSPS) is 12.3. The number of aliphatic hydroxyl groups is 2. The Morgan fingerprint density at radius 1 is 0.683 bits per heavy atom. The number of benzene rings is 4. The SMILES string of the molecule is C=C(c1ccc(N(CCCC)c2ccccc2)cc1C(=C)C(O)c1ccc(OC)cc1)C(O)c1ccc(OC)cc1. The number of unbranched alkanes of at least 4 members (excludes halogenated alkanes) is 1. The van der Waals surface area contributed by atoms with Crippen LogP contribution in [-0.4, -0.2) is 31.0 Å². The molecular formula is C36H39NO4. The van der Waals surface area contributed by atoms with Crippen LogP contribution in [0, 0.1) is 0 Å². The summed E-state index contributed by atoms with van der Waals surface area (Å²) in [5.74, 6) is 1.42. The summed E-state index contributed by atoms with van der Waals surface area (Å²) in [5.41, 5.74) is 5.91. The quantitative estimate of drug-likeness (QED) is 0.176. The number of methoxy groups -OCH3 is 2. The van der Waals surface area contributed by atoms with Gasteiger partial charge in [-0.1, -0.05) is 75.0 Å². The second-order valence-corrected chi connectivity index (χ2v) is 9.97. The Bertz CT molecular complexity index is 1450. The molecule has 4 aromatic rings. The van der Waals surface area contributed by atoms with E-state index in [9.17, 15) is 10.2 Å². The van der Waals surface area contributed by atoms with Gasteiger partial charge in [-0.25, -0.2) is 0 Å². The molecule has 0 saturated carbocycles. The van der Waals surface area contributed by atoms with Crippen LogP contribution in [0.5, 0.6) is 11.5 Å². The van der Waals surface area contributed by atoms with E-state index in [4.69, 9.17) is 9.47 Å². The molecule has 0 fully saturated rings. The fraction of sp³-hybridized carbons (Fsp3) is 0.222. The standard InChI is InChI=1S/C36H39NO4/c1-6-7-23-37(29-11-9-8-10-12-29)30-17-22-33(25(2)35(38)27-13-18-31(40-4)19-14-27)34(24-30)26(3)36(39)28-15-20-32(41-5)21-16-28/h8-22,24,35-36,38-39H,2-3,6-7,23H2,1,4-5H3. The molecule has 0 aromatic heterocycles. The van der Waals surface area contributed by atoms with E-state index in [1.165, 1.54) is 0 Å². The number of nitrogens with zero attached hydrogens (tertiary/aromatic N) is 1. The molecule has 5 nitrogen and oxygen atoms in total. The summed E-state index contributed by atoms with van der Waals surface area (Å²) in [6.07, 6.45) is 0.148. The van der Waals surface area contributed by atoms with Gasteiger partial charge in [0.25, 0.3) is 0 Å². The van der Waals surface area contributed by atoms with Gasteiger partial charge in [0.15, 0.2) is 0 Å². The number of anilines is 2. The minimum Gasteiger partial charge on any atom is -0.497 e. The first kappa shape index (κ1) is 29.7. The average Bonchev–Trinajstić information content (AvgIpc) is 3.04. The number of para-hydroxylation sites is 1. The maximum Gasteiger partial charge on any atom is 0.118 e. The van der Waals surface area contributed by atoms with Gasteiger partial charge in [0.1, 0.15) is 23.7 Å². The number of aliphatic hydroxyl groups excluding tert-OH is 2. The third-order valence-electron chi connectivity index (χ3n) is 7.33. The van der Waals surface area contributed by atoms with Crippen molar-refractivity contribution in [1.29, 1.82) is 0 Å². The molecule has 4 rings (SSSR count). The fourth-order valence-electron chi connectivity index (χ4n) is 4.85. The third-order valence-corrected chi connectivity index (χ3v) is 7.33. The first-order valence-corrected chi connectivity index (χ1v) is 13.9. The average molecular weight is 550 g/mol. The molecule has 0 saturated heterocycles. The number of hydrogen-bond acceptors (Lipinski definition) is 5. The number of rotatable bonds is 13. The van der Waals surface area contributed by atoms with Gasteiger partial charge in [0.05, 0.1) is 14.2 Å². The lowest BCUT2D eigenvalue weighted by atomic mass is 9.87. The summed E-state index contributed by atoms with van der Waals surface area (Å²) in [7, 11) is 3.22. The van der Waals surface area contributed by atoms with E-state index in [2.05, 4.69) is 37.1 Å². The predicted molar refractivity (Wildman–Crippen MR) is 169 cm³/mol. The molecule has 41 heavy (non-hydrogen) atoms. The van der Waals surface area contributed by atoms with Crippen molar-refractivity contribution in [2.24, 2.45) is 0 Å². The highest BCUT2D eigenvalue weighted by Crippen LogP contribution is 2.40. The van der Waals surface area contributed by atoms with E-state index in [-0.39, 0.29) is 0 Å². The minimum atomic E-state index is -0.971. The van der Waals surface area contributed by atoms with E-state index in [0.29, 0.717) is 33.8 Å². The minimum absolute atomic E-state index is 0.513. The van der Waals surface area contributed by atoms with Crippen LogP contribution < -0.4 is 14.4 Å². The summed E-state index contributed by atoms with van der Waals surface area (Å²) in [4.78, 5) is 2.27. The Kier molecular flexibility index (Phi) is 10.0. The zero-order chi connectivity index (χ0) is 29.4. The van der Waals surface area contributed by atoms with Crippen LogP contribution in [0.1, 0.15) is 54.2 Å². The van der Waals surface area contributed by atoms with Gasteiger partial charge in [-0.15, -0.1) is 0 Å². The highest BCUT2D eigenvalue weighted by Gasteiger charge is 2.23. The Hall–Kier alpha value is -4.32. The highest BCUT2D eigenvalue weighted by molar-refractivity contribution is 5.84. The van der Waals surface area contributed by atoms with Gasteiger partial charge in [-0.3, -0.25) is 0 Å². The van der Waals surface area contributed by atoms with Crippen LogP contribution in [0.2, 0.25) is 0 Å². The molecule has 0 bridgehead atoms. The van der Waals surface area contributed by atoms with Crippen molar-refractivity contribution in [2.75, 3.05) is 25.7 Å². The molecule has 4 aromatic carbocycles. The molecule has 5 heteroatoms. The molecular weight excluding hydrogens is 510 g/mol. The molecule has 0 radical (unpaired) electrons. The second-order valence-electron chi connectivity index (χ2n) is 9.97. The van der Waals surface area contributed by atoms with Gasteiger partial charge < -0.3 is 24.6 Å². The summed E-state index contributed by atoms with van der Waals surface area (Å²) >= 11 is 0. The maximum atomic E-state index is 11.5. The van der Waals surface area contributed by atoms with Crippen molar-refractivity contribution < 1.29 is 19.7 Å². The Morgan fingerprint density at radius 3 is 1.68 bits per heavy atom. The summed E-state index contributed by atoms with van der Waals surface area (Å²) < 4.78 is 10.6. The summed E-state index contributed by atoms with van der Waals surface area (Å²) in [5, 5.41) is 22.8. The van der Waals surface area contributed by atoms with Crippen molar-refractivity contribution in [1.82, 2.24) is 0 Å². The number of ether oxygens (including phenoxy) is 2. The van der Waals surface area contributed by atoms with E-state index >= 15 is 0 Å². The smallest absolute Gasteiger partial charge is 0.118 e. The second kappa shape index (κ2) is 13.8. The van der Waals surface area contributed by atoms with Gasteiger partial charge in [-0.2, -0.15) is 0 Å². The zero-order valence-corrected chi connectivity index (χ0v) is 24.1. The van der Waals surface area contributed by atoms with Crippen LogP contribution in [0.25, 0.3) is 11.1 Å². The Labute approximate surface area is 243 Å². The maximum absolute atomic E-state index is 11.5. The van der Waals surface area contributed by atoms with Crippen LogP contribution >= 0.6 is 0 Å². The van der Waals surface area contributed by atoms with Crippen LogP contribution in [-0.2, 0) is 0 Å². The first-order valence-electron chi connectivity index (χ1n) is 13.9. The lowest BCUT2D eigenvalue weighted by Gasteiger charge is -2.28.